The molecule has 2 aromatic rings. The number of urea groups is 1. The highest BCUT2D eigenvalue weighted by Gasteiger charge is 2.15. The number of carbonyl (C=O) groups is 1. The van der Waals surface area contributed by atoms with Gasteiger partial charge in [0.1, 0.15) is 5.75 Å². The van der Waals surface area contributed by atoms with Gasteiger partial charge >= 0.3 is 6.03 Å². The molecule has 0 unspecified atom stereocenters. The van der Waals surface area contributed by atoms with Crippen molar-refractivity contribution in [1.29, 1.82) is 0 Å². The molecule has 21 heavy (non-hydrogen) atoms. The molecule has 110 valence electrons. The number of amides is 2. The van der Waals surface area contributed by atoms with E-state index in [1.807, 2.05) is 0 Å². The summed E-state index contributed by atoms with van der Waals surface area (Å²) in [4.78, 5) is 11.7. The molecule has 0 bridgehead atoms. The Hall–Kier alpha value is -2.70. The maximum atomic E-state index is 13.4. The third-order valence-corrected chi connectivity index (χ3v) is 2.61. The molecule has 2 aromatic carbocycles. The predicted molar refractivity (Wildman–Crippen MR) is 72.0 cm³/mol. The average Bonchev–Trinajstić information content (AvgIpc) is 2.48. The van der Waals surface area contributed by atoms with Crippen molar-refractivity contribution in [2.75, 3.05) is 17.7 Å². The summed E-state index contributed by atoms with van der Waals surface area (Å²) in [6.07, 6.45) is 0. The van der Waals surface area contributed by atoms with Crippen LogP contribution in [-0.4, -0.2) is 13.1 Å². The second-order valence-electron chi connectivity index (χ2n) is 4.03. The molecular weight excluding hydrogens is 285 g/mol. The number of rotatable bonds is 3. The number of methoxy groups -OCH3 is 1. The fraction of sp³-hybridized carbons (Fsp3) is 0.0714. The van der Waals surface area contributed by atoms with Gasteiger partial charge in [0.2, 0.25) is 0 Å². The van der Waals surface area contributed by atoms with E-state index in [2.05, 4.69) is 10.6 Å². The van der Waals surface area contributed by atoms with Gasteiger partial charge in [-0.05, 0) is 24.3 Å². The first-order valence-electron chi connectivity index (χ1n) is 5.87. The highest BCUT2D eigenvalue weighted by Crippen LogP contribution is 2.20. The van der Waals surface area contributed by atoms with Crippen LogP contribution in [0.3, 0.4) is 0 Å². The van der Waals surface area contributed by atoms with Gasteiger partial charge in [0, 0.05) is 11.8 Å². The second-order valence-corrected chi connectivity index (χ2v) is 4.03. The summed E-state index contributed by atoms with van der Waals surface area (Å²) in [5.74, 6) is -3.91. The van der Waals surface area contributed by atoms with E-state index in [9.17, 15) is 18.0 Å². The first-order valence-corrected chi connectivity index (χ1v) is 5.87. The molecule has 2 N–H and O–H groups in total. The molecule has 0 atom stereocenters. The van der Waals surface area contributed by atoms with E-state index in [0.717, 1.165) is 12.1 Å². The van der Waals surface area contributed by atoms with E-state index < -0.39 is 29.2 Å². The Morgan fingerprint density at radius 3 is 2.52 bits per heavy atom. The summed E-state index contributed by atoms with van der Waals surface area (Å²) in [5.41, 5.74) is -0.0656. The minimum absolute atomic E-state index is 0.398. The average molecular weight is 296 g/mol. The van der Waals surface area contributed by atoms with Gasteiger partial charge in [-0.1, -0.05) is 6.07 Å². The van der Waals surface area contributed by atoms with Crippen LogP contribution in [0, 0.1) is 17.5 Å². The van der Waals surface area contributed by atoms with Crippen molar-refractivity contribution in [3.63, 3.8) is 0 Å². The summed E-state index contributed by atoms with van der Waals surface area (Å²) < 4.78 is 44.2. The molecule has 2 amide bonds. The SMILES string of the molecule is COc1cccc(NC(=O)Nc2ccc(F)c(F)c2F)c1. The molecule has 0 aliphatic carbocycles. The van der Waals surface area contributed by atoms with Crippen molar-refractivity contribution in [2.24, 2.45) is 0 Å². The van der Waals surface area contributed by atoms with E-state index in [4.69, 9.17) is 4.74 Å². The van der Waals surface area contributed by atoms with Gasteiger partial charge in [-0.2, -0.15) is 0 Å². The normalized spacial score (nSPS) is 10.1. The molecule has 2 rings (SSSR count). The molecule has 0 heterocycles. The Bertz CT molecular complexity index is 677. The number of anilines is 2. The fourth-order valence-electron chi connectivity index (χ4n) is 1.61. The Labute approximate surface area is 118 Å². The van der Waals surface area contributed by atoms with Crippen LogP contribution in [0.5, 0.6) is 5.75 Å². The van der Waals surface area contributed by atoms with Crippen LogP contribution < -0.4 is 15.4 Å². The minimum atomic E-state index is -1.64. The van der Waals surface area contributed by atoms with Crippen LogP contribution >= 0.6 is 0 Å². The van der Waals surface area contributed by atoms with E-state index in [1.165, 1.54) is 7.11 Å². The summed E-state index contributed by atoms with van der Waals surface area (Å²) in [6, 6.07) is 7.31. The standard InChI is InChI=1S/C14H11F3N2O2/c1-21-9-4-2-3-8(7-9)18-14(20)19-11-6-5-10(15)12(16)13(11)17/h2-7H,1H3,(H2,18,19,20). The lowest BCUT2D eigenvalue weighted by molar-refractivity contribution is 0.262. The number of benzene rings is 2. The predicted octanol–water partition coefficient (Wildman–Crippen LogP) is 3.76. The molecule has 4 nitrogen and oxygen atoms in total. The summed E-state index contributed by atoms with van der Waals surface area (Å²) >= 11 is 0. The molecule has 0 spiro atoms. The maximum absolute atomic E-state index is 13.4. The molecule has 0 fully saturated rings. The van der Waals surface area contributed by atoms with Gasteiger partial charge in [-0.15, -0.1) is 0 Å². The summed E-state index contributed by atoms with van der Waals surface area (Å²) in [6.45, 7) is 0. The lowest BCUT2D eigenvalue weighted by Gasteiger charge is -2.09. The third kappa shape index (κ3) is 3.44. The third-order valence-electron chi connectivity index (χ3n) is 2.61. The van der Waals surface area contributed by atoms with Crippen molar-refractivity contribution in [3.8, 4) is 5.75 Å². The zero-order valence-electron chi connectivity index (χ0n) is 10.9. The highest BCUT2D eigenvalue weighted by atomic mass is 19.2. The highest BCUT2D eigenvalue weighted by molar-refractivity contribution is 5.99. The number of hydrogen-bond donors (Lipinski definition) is 2. The first kappa shape index (κ1) is 14.7. The van der Waals surface area contributed by atoms with Crippen molar-refractivity contribution < 1.29 is 22.7 Å². The van der Waals surface area contributed by atoms with Crippen LogP contribution in [0.4, 0.5) is 29.3 Å². The van der Waals surface area contributed by atoms with E-state index in [-0.39, 0.29) is 0 Å². The molecule has 0 aliphatic heterocycles. The number of carbonyl (C=O) groups excluding carboxylic acids is 1. The van der Waals surface area contributed by atoms with Gasteiger partial charge in [0.25, 0.3) is 0 Å². The largest absolute Gasteiger partial charge is 0.497 e. The summed E-state index contributed by atoms with van der Waals surface area (Å²) in [7, 11) is 1.47. The molecular formula is C14H11F3N2O2. The second kappa shape index (κ2) is 6.17. The topological polar surface area (TPSA) is 50.4 Å². The van der Waals surface area contributed by atoms with Gasteiger partial charge in [0.15, 0.2) is 17.5 Å². The monoisotopic (exact) mass is 296 g/mol. The van der Waals surface area contributed by atoms with Crippen molar-refractivity contribution in [2.45, 2.75) is 0 Å². The van der Waals surface area contributed by atoms with Gasteiger partial charge in [-0.3, -0.25) is 0 Å². The zero-order chi connectivity index (χ0) is 15.4. The van der Waals surface area contributed by atoms with Crippen LogP contribution in [-0.2, 0) is 0 Å². The Morgan fingerprint density at radius 2 is 1.81 bits per heavy atom. The molecule has 0 saturated carbocycles. The first-order chi connectivity index (χ1) is 10.0. The number of ether oxygens (including phenoxy) is 1. The molecule has 0 saturated heterocycles. The smallest absolute Gasteiger partial charge is 0.323 e. The quantitative estimate of drug-likeness (QED) is 0.847. The maximum Gasteiger partial charge on any atom is 0.323 e. The van der Waals surface area contributed by atoms with Crippen LogP contribution in [0.25, 0.3) is 0 Å². The lowest BCUT2D eigenvalue weighted by atomic mass is 10.3. The van der Waals surface area contributed by atoms with Crippen molar-refractivity contribution in [3.05, 3.63) is 53.8 Å². The fourth-order valence-corrected chi connectivity index (χ4v) is 1.61. The van der Waals surface area contributed by atoms with Gasteiger partial charge in [0.05, 0.1) is 12.8 Å². The lowest BCUT2D eigenvalue weighted by Crippen LogP contribution is -2.20. The van der Waals surface area contributed by atoms with Gasteiger partial charge < -0.3 is 15.4 Å². The van der Waals surface area contributed by atoms with Crippen molar-refractivity contribution >= 4 is 17.4 Å². The van der Waals surface area contributed by atoms with Gasteiger partial charge in [-0.25, -0.2) is 18.0 Å². The minimum Gasteiger partial charge on any atom is -0.497 e. The Balaban J connectivity index is 2.10. The van der Waals surface area contributed by atoms with E-state index >= 15 is 0 Å². The van der Waals surface area contributed by atoms with Crippen LogP contribution in [0.15, 0.2) is 36.4 Å². The Kier molecular flexibility index (Phi) is 4.32. The Morgan fingerprint density at radius 1 is 1.05 bits per heavy atom. The van der Waals surface area contributed by atoms with E-state index in [1.54, 1.807) is 24.3 Å². The number of nitrogens with one attached hydrogen (secondary N) is 2. The van der Waals surface area contributed by atoms with Crippen LogP contribution in [0.1, 0.15) is 0 Å². The molecule has 7 heteroatoms. The molecule has 0 aromatic heterocycles. The number of halogens is 3. The molecule has 0 radical (unpaired) electrons. The van der Waals surface area contributed by atoms with Crippen molar-refractivity contribution in [1.82, 2.24) is 0 Å². The zero-order valence-corrected chi connectivity index (χ0v) is 10.9. The van der Waals surface area contributed by atoms with E-state index in [0.29, 0.717) is 11.4 Å². The van der Waals surface area contributed by atoms with Crippen LogP contribution in [0.2, 0.25) is 0 Å². The number of hydrogen-bond acceptors (Lipinski definition) is 2. The molecule has 0 aliphatic rings. The summed E-state index contributed by atoms with van der Waals surface area (Å²) in [5, 5.41) is 4.51.